The summed E-state index contributed by atoms with van der Waals surface area (Å²) < 4.78 is 8.95. The molecule has 0 saturated heterocycles. The largest absolute Gasteiger partial charge is 0.505 e. The first-order chi connectivity index (χ1) is 22.8. The standard InChI is InChI=1S/C43H36N2O2/c1-5-13-28-14-11-21-38(41(28)46)44(39-22-12-19-34-33-18-7-9-23-40(33)47-42(34)39)31-16-10-15-29(26-31)30-24-25-37-35(27-30)32-17-6-8-20-36(32)45(37)43(2,3)4/h5-12,14-27,46H,1,13H2,2-4H3. The first kappa shape index (κ1) is 28.7. The van der Waals surface area contributed by atoms with Crippen molar-refractivity contribution in [3.8, 4) is 16.9 Å². The second-order valence-corrected chi connectivity index (χ2v) is 13.2. The number of para-hydroxylation sites is 4. The highest BCUT2D eigenvalue weighted by atomic mass is 16.3. The number of allylic oxidation sites excluding steroid dienone is 1. The van der Waals surface area contributed by atoms with E-state index in [1.54, 1.807) is 0 Å². The third kappa shape index (κ3) is 4.68. The average Bonchev–Trinajstić information content (AvgIpc) is 3.63. The minimum atomic E-state index is -0.0664. The second-order valence-electron chi connectivity index (χ2n) is 13.2. The van der Waals surface area contributed by atoms with Gasteiger partial charge in [0.15, 0.2) is 5.58 Å². The lowest BCUT2D eigenvalue weighted by Crippen LogP contribution is -2.21. The number of hydrogen-bond donors (Lipinski definition) is 1. The van der Waals surface area contributed by atoms with Crippen molar-refractivity contribution < 1.29 is 9.52 Å². The summed E-state index contributed by atoms with van der Waals surface area (Å²) in [5, 5.41) is 16.2. The highest BCUT2D eigenvalue weighted by molar-refractivity contribution is 6.11. The first-order valence-electron chi connectivity index (χ1n) is 16.1. The number of phenolic OH excluding ortho intramolecular Hbond substituents is 1. The van der Waals surface area contributed by atoms with Gasteiger partial charge in [-0.1, -0.05) is 84.9 Å². The van der Waals surface area contributed by atoms with E-state index >= 15 is 0 Å². The Kier molecular flexibility index (Phi) is 6.69. The Morgan fingerprint density at radius 3 is 2.19 bits per heavy atom. The summed E-state index contributed by atoms with van der Waals surface area (Å²) in [6.07, 6.45) is 2.38. The molecule has 4 heteroatoms. The molecule has 230 valence electrons. The van der Waals surface area contributed by atoms with Crippen LogP contribution in [0.5, 0.6) is 5.75 Å². The molecule has 0 unspecified atom stereocenters. The zero-order valence-electron chi connectivity index (χ0n) is 26.9. The Bertz CT molecular complexity index is 2470. The molecule has 47 heavy (non-hydrogen) atoms. The van der Waals surface area contributed by atoms with Crippen LogP contribution in [0.3, 0.4) is 0 Å². The molecule has 0 atom stereocenters. The number of nitrogens with zero attached hydrogens (tertiary/aromatic N) is 2. The summed E-state index contributed by atoms with van der Waals surface area (Å²) in [6, 6.07) is 44.2. The van der Waals surface area contributed by atoms with Gasteiger partial charge in [-0.15, -0.1) is 6.58 Å². The molecule has 0 spiro atoms. The summed E-state index contributed by atoms with van der Waals surface area (Å²) in [6.45, 7) is 10.7. The van der Waals surface area contributed by atoms with Gasteiger partial charge in [-0.25, -0.2) is 0 Å². The Labute approximate surface area is 274 Å². The highest BCUT2D eigenvalue weighted by Crippen LogP contribution is 2.46. The highest BCUT2D eigenvalue weighted by Gasteiger charge is 2.24. The van der Waals surface area contributed by atoms with Gasteiger partial charge in [-0.3, -0.25) is 0 Å². The average molecular weight is 613 g/mol. The number of benzene rings is 6. The van der Waals surface area contributed by atoms with Gasteiger partial charge in [0.05, 0.1) is 11.4 Å². The number of aromatic hydroxyl groups is 1. The Hall–Kier alpha value is -5.74. The van der Waals surface area contributed by atoms with E-state index in [4.69, 9.17) is 4.42 Å². The third-order valence-corrected chi connectivity index (χ3v) is 9.11. The number of fused-ring (bicyclic) bond motifs is 6. The van der Waals surface area contributed by atoms with Crippen LogP contribution in [0, 0.1) is 0 Å². The van der Waals surface area contributed by atoms with Crippen LogP contribution in [0.2, 0.25) is 0 Å². The Morgan fingerprint density at radius 2 is 1.36 bits per heavy atom. The molecule has 2 aromatic heterocycles. The predicted molar refractivity (Wildman–Crippen MR) is 197 cm³/mol. The fourth-order valence-corrected chi connectivity index (χ4v) is 7.09. The summed E-state index contributed by atoms with van der Waals surface area (Å²) in [5.41, 5.74) is 9.46. The number of rotatable bonds is 6. The second kappa shape index (κ2) is 11.0. The SMILES string of the molecule is C=CCc1cccc(N(c2cccc(-c3ccc4c(c3)c3ccccc3n4C(C)(C)C)c2)c2cccc3c2oc2ccccc23)c1O. The van der Waals surface area contributed by atoms with E-state index in [9.17, 15) is 5.11 Å². The molecule has 8 aromatic rings. The number of furan rings is 1. The number of phenols is 1. The third-order valence-electron chi connectivity index (χ3n) is 9.11. The van der Waals surface area contributed by atoms with Crippen molar-refractivity contribution in [3.05, 3.63) is 146 Å². The van der Waals surface area contributed by atoms with Crippen molar-refractivity contribution in [2.75, 3.05) is 4.90 Å². The van der Waals surface area contributed by atoms with Gasteiger partial charge >= 0.3 is 0 Å². The maximum atomic E-state index is 11.7. The van der Waals surface area contributed by atoms with Crippen LogP contribution >= 0.6 is 0 Å². The van der Waals surface area contributed by atoms with Crippen LogP contribution in [0.25, 0.3) is 54.9 Å². The molecule has 0 fully saturated rings. The van der Waals surface area contributed by atoms with Crippen LogP contribution < -0.4 is 4.90 Å². The molecule has 4 nitrogen and oxygen atoms in total. The molecule has 0 saturated carbocycles. The van der Waals surface area contributed by atoms with Gasteiger partial charge < -0.3 is 19.0 Å². The lowest BCUT2D eigenvalue weighted by Gasteiger charge is -2.27. The van der Waals surface area contributed by atoms with Crippen molar-refractivity contribution in [3.63, 3.8) is 0 Å². The van der Waals surface area contributed by atoms with Crippen LogP contribution in [0.1, 0.15) is 26.3 Å². The molecular weight excluding hydrogens is 576 g/mol. The van der Waals surface area contributed by atoms with Gasteiger partial charge in [-0.05, 0) is 92.4 Å². The normalized spacial score (nSPS) is 12.0. The van der Waals surface area contributed by atoms with Crippen molar-refractivity contribution in [2.24, 2.45) is 0 Å². The fraction of sp³-hybridized carbons (Fsp3) is 0.116. The van der Waals surface area contributed by atoms with E-state index in [1.807, 2.05) is 42.5 Å². The lowest BCUT2D eigenvalue weighted by atomic mass is 10.0. The maximum Gasteiger partial charge on any atom is 0.159 e. The molecule has 0 aliphatic heterocycles. The van der Waals surface area contributed by atoms with Gasteiger partial charge in [-0.2, -0.15) is 0 Å². The smallest absolute Gasteiger partial charge is 0.159 e. The molecule has 1 N–H and O–H groups in total. The Balaban J connectivity index is 1.35. The van der Waals surface area contributed by atoms with E-state index in [2.05, 4.69) is 128 Å². The summed E-state index contributed by atoms with van der Waals surface area (Å²) >= 11 is 0. The van der Waals surface area contributed by atoms with Crippen LogP contribution in [0.4, 0.5) is 17.1 Å². The van der Waals surface area contributed by atoms with Crippen LogP contribution in [-0.4, -0.2) is 9.67 Å². The first-order valence-corrected chi connectivity index (χ1v) is 16.1. The molecule has 0 bridgehead atoms. The van der Waals surface area contributed by atoms with Gasteiger partial charge in [0, 0.05) is 43.8 Å². The van der Waals surface area contributed by atoms with E-state index in [1.165, 1.54) is 21.8 Å². The molecule has 0 radical (unpaired) electrons. The van der Waals surface area contributed by atoms with E-state index < -0.39 is 0 Å². The van der Waals surface area contributed by atoms with E-state index in [0.29, 0.717) is 12.1 Å². The van der Waals surface area contributed by atoms with Crippen molar-refractivity contribution in [2.45, 2.75) is 32.7 Å². The van der Waals surface area contributed by atoms with E-state index in [0.717, 1.165) is 50.0 Å². The van der Waals surface area contributed by atoms with Crippen molar-refractivity contribution in [1.82, 2.24) is 4.57 Å². The van der Waals surface area contributed by atoms with Gasteiger partial charge in [0.1, 0.15) is 11.3 Å². The number of hydrogen-bond acceptors (Lipinski definition) is 3. The summed E-state index contributed by atoms with van der Waals surface area (Å²) in [7, 11) is 0. The molecule has 2 heterocycles. The molecule has 0 amide bonds. The summed E-state index contributed by atoms with van der Waals surface area (Å²) in [4.78, 5) is 2.11. The zero-order chi connectivity index (χ0) is 32.3. The Morgan fingerprint density at radius 1 is 0.681 bits per heavy atom. The predicted octanol–water partition coefficient (Wildman–Crippen LogP) is 12.0. The maximum absolute atomic E-state index is 11.7. The number of aromatic nitrogens is 1. The molecule has 0 aliphatic rings. The van der Waals surface area contributed by atoms with Crippen LogP contribution in [0.15, 0.2) is 144 Å². The van der Waals surface area contributed by atoms with Crippen LogP contribution in [-0.2, 0) is 12.0 Å². The summed E-state index contributed by atoms with van der Waals surface area (Å²) in [5.74, 6) is 0.224. The topological polar surface area (TPSA) is 41.5 Å². The molecule has 0 aliphatic carbocycles. The molecule has 6 aromatic carbocycles. The van der Waals surface area contributed by atoms with Crippen molar-refractivity contribution >= 4 is 60.8 Å². The minimum Gasteiger partial charge on any atom is -0.505 e. The molecule has 8 rings (SSSR count). The fourth-order valence-electron chi connectivity index (χ4n) is 7.09. The number of anilines is 3. The zero-order valence-corrected chi connectivity index (χ0v) is 26.9. The van der Waals surface area contributed by atoms with E-state index in [-0.39, 0.29) is 11.3 Å². The van der Waals surface area contributed by atoms with Gasteiger partial charge in [0.2, 0.25) is 0 Å². The minimum absolute atomic E-state index is 0.0664. The van der Waals surface area contributed by atoms with Crippen molar-refractivity contribution in [1.29, 1.82) is 0 Å². The molecular formula is C43H36N2O2. The lowest BCUT2D eigenvalue weighted by molar-refractivity contribution is 0.423. The van der Waals surface area contributed by atoms with Gasteiger partial charge in [0.25, 0.3) is 0 Å². The monoisotopic (exact) mass is 612 g/mol. The quantitative estimate of drug-likeness (QED) is 0.190.